The van der Waals surface area contributed by atoms with Crippen molar-refractivity contribution in [2.24, 2.45) is 7.05 Å². The molecule has 0 atom stereocenters. The number of aromatic nitrogens is 3. The van der Waals surface area contributed by atoms with E-state index >= 15 is 0 Å². The first-order valence-electron chi connectivity index (χ1n) is 8.48. The Morgan fingerprint density at radius 1 is 1.08 bits per heavy atom. The van der Waals surface area contributed by atoms with Crippen molar-refractivity contribution in [3.8, 4) is 5.75 Å². The monoisotopic (exact) mass is 367 g/mol. The van der Waals surface area contributed by atoms with Crippen LogP contribution in [-0.2, 0) is 13.5 Å². The van der Waals surface area contributed by atoms with Crippen LogP contribution < -0.4 is 4.74 Å². The van der Waals surface area contributed by atoms with Gasteiger partial charge in [-0.1, -0.05) is 42.1 Å². The molecular weight excluding hydrogens is 346 g/mol. The number of carbonyl (C=O) groups is 1. The normalized spacial score (nSPS) is 10.7. The standard InChI is InChI=1S/C20H21N3O2S/c1-3-25-17-11-9-16(10-12-17)18(24)14-26-20-22-21-19(23(20)2)13-15-7-5-4-6-8-15/h4-12H,3,13-14H2,1-2H3. The van der Waals surface area contributed by atoms with Crippen LogP contribution in [0.2, 0.25) is 0 Å². The average molecular weight is 367 g/mol. The Balaban J connectivity index is 1.60. The van der Waals surface area contributed by atoms with Gasteiger partial charge in [0.25, 0.3) is 0 Å². The van der Waals surface area contributed by atoms with Crippen LogP contribution in [0.15, 0.2) is 59.8 Å². The van der Waals surface area contributed by atoms with E-state index in [1.807, 2.05) is 48.9 Å². The van der Waals surface area contributed by atoms with Crippen LogP contribution in [0.1, 0.15) is 28.7 Å². The predicted molar refractivity (Wildman–Crippen MR) is 103 cm³/mol. The first-order chi connectivity index (χ1) is 12.7. The molecule has 0 amide bonds. The van der Waals surface area contributed by atoms with E-state index in [0.717, 1.165) is 23.2 Å². The van der Waals surface area contributed by atoms with Crippen LogP contribution in [0, 0.1) is 0 Å². The summed E-state index contributed by atoms with van der Waals surface area (Å²) in [5.41, 5.74) is 1.86. The van der Waals surface area contributed by atoms with Crippen LogP contribution in [0.4, 0.5) is 0 Å². The first kappa shape index (κ1) is 18.2. The van der Waals surface area contributed by atoms with Crippen molar-refractivity contribution >= 4 is 17.5 Å². The second-order valence-electron chi connectivity index (χ2n) is 5.79. The summed E-state index contributed by atoms with van der Waals surface area (Å²) >= 11 is 1.40. The molecule has 26 heavy (non-hydrogen) atoms. The van der Waals surface area contributed by atoms with Gasteiger partial charge in [0.15, 0.2) is 10.9 Å². The number of benzene rings is 2. The van der Waals surface area contributed by atoms with Crippen molar-refractivity contribution in [3.63, 3.8) is 0 Å². The van der Waals surface area contributed by atoms with E-state index in [0.29, 0.717) is 17.9 Å². The topological polar surface area (TPSA) is 57.0 Å². The van der Waals surface area contributed by atoms with Gasteiger partial charge in [0.05, 0.1) is 12.4 Å². The van der Waals surface area contributed by atoms with Crippen LogP contribution in [0.5, 0.6) is 5.75 Å². The van der Waals surface area contributed by atoms with Crippen molar-refractivity contribution in [1.82, 2.24) is 14.8 Å². The number of rotatable bonds is 8. The van der Waals surface area contributed by atoms with Crippen LogP contribution in [0.25, 0.3) is 0 Å². The van der Waals surface area contributed by atoms with E-state index in [1.165, 1.54) is 17.3 Å². The summed E-state index contributed by atoms with van der Waals surface area (Å²) in [6, 6.07) is 17.4. The number of ketones is 1. The van der Waals surface area contributed by atoms with Crippen molar-refractivity contribution in [2.75, 3.05) is 12.4 Å². The zero-order valence-electron chi connectivity index (χ0n) is 14.9. The summed E-state index contributed by atoms with van der Waals surface area (Å²) in [4.78, 5) is 12.4. The Bertz CT molecular complexity index is 861. The van der Waals surface area contributed by atoms with Gasteiger partial charge in [0.2, 0.25) is 0 Å². The summed E-state index contributed by atoms with van der Waals surface area (Å²) in [7, 11) is 1.93. The number of nitrogens with zero attached hydrogens (tertiary/aromatic N) is 3. The lowest BCUT2D eigenvalue weighted by molar-refractivity contribution is 0.102. The highest BCUT2D eigenvalue weighted by Crippen LogP contribution is 2.20. The first-order valence-corrected chi connectivity index (χ1v) is 9.47. The van der Waals surface area contributed by atoms with Crippen molar-refractivity contribution in [3.05, 3.63) is 71.5 Å². The number of hydrogen-bond donors (Lipinski definition) is 0. The minimum absolute atomic E-state index is 0.0608. The summed E-state index contributed by atoms with van der Waals surface area (Å²) in [5.74, 6) is 2.04. The third-order valence-corrected chi connectivity index (χ3v) is 4.97. The number of carbonyl (C=O) groups excluding carboxylic acids is 1. The highest BCUT2D eigenvalue weighted by molar-refractivity contribution is 7.99. The van der Waals surface area contributed by atoms with Gasteiger partial charge in [-0.25, -0.2) is 0 Å². The molecule has 6 heteroatoms. The molecule has 0 fully saturated rings. The van der Waals surface area contributed by atoms with E-state index in [4.69, 9.17) is 4.74 Å². The van der Waals surface area contributed by atoms with E-state index in [2.05, 4.69) is 22.3 Å². The lowest BCUT2D eigenvalue weighted by Crippen LogP contribution is -2.05. The molecule has 0 saturated carbocycles. The van der Waals surface area contributed by atoms with Gasteiger partial charge in [0.1, 0.15) is 11.6 Å². The second-order valence-corrected chi connectivity index (χ2v) is 6.73. The molecule has 5 nitrogen and oxygen atoms in total. The minimum Gasteiger partial charge on any atom is -0.494 e. The molecule has 0 radical (unpaired) electrons. The summed E-state index contributed by atoms with van der Waals surface area (Å²) in [5, 5.41) is 9.22. The van der Waals surface area contributed by atoms with Crippen molar-refractivity contribution in [2.45, 2.75) is 18.5 Å². The van der Waals surface area contributed by atoms with E-state index in [-0.39, 0.29) is 5.78 Å². The number of Topliss-reactive ketones (excluding diaryl/α,β-unsaturated/α-hetero) is 1. The van der Waals surface area contributed by atoms with Gasteiger partial charge < -0.3 is 9.30 Å². The van der Waals surface area contributed by atoms with Crippen LogP contribution >= 0.6 is 11.8 Å². The molecule has 0 aliphatic carbocycles. The Morgan fingerprint density at radius 2 is 1.81 bits per heavy atom. The lowest BCUT2D eigenvalue weighted by atomic mass is 10.1. The predicted octanol–water partition coefficient (Wildman–Crippen LogP) is 3.78. The Labute approximate surface area is 157 Å². The molecule has 0 aliphatic rings. The molecule has 3 rings (SSSR count). The quantitative estimate of drug-likeness (QED) is 0.448. The molecular formula is C20H21N3O2S. The molecule has 0 saturated heterocycles. The fraction of sp³-hybridized carbons (Fsp3) is 0.250. The SMILES string of the molecule is CCOc1ccc(C(=O)CSc2nnc(Cc3ccccc3)n2C)cc1. The lowest BCUT2D eigenvalue weighted by Gasteiger charge is -2.05. The van der Waals surface area contributed by atoms with E-state index in [9.17, 15) is 4.79 Å². The molecule has 0 aliphatic heterocycles. The Kier molecular flexibility index (Phi) is 6.07. The smallest absolute Gasteiger partial charge is 0.191 e. The van der Waals surface area contributed by atoms with E-state index in [1.54, 1.807) is 12.1 Å². The average Bonchev–Trinajstić information content (AvgIpc) is 3.01. The van der Waals surface area contributed by atoms with Gasteiger partial charge >= 0.3 is 0 Å². The highest BCUT2D eigenvalue weighted by atomic mass is 32.2. The third-order valence-electron chi connectivity index (χ3n) is 3.95. The zero-order valence-corrected chi connectivity index (χ0v) is 15.7. The molecule has 1 heterocycles. The fourth-order valence-corrected chi connectivity index (χ4v) is 3.34. The van der Waals surface area contributed by atoms with Gasteiger partial charge in [-0.05, 0) is 36.8 Å². The summed E-state index contributed by atoms with van der Waals surface area (Å²) in [6.45, 7) is 2.54. The number of hydrogen-bond acceptors (Lipinski definition) is 5. The van der Waals surface area contributed by atoms with Gasteiger partial charge in [-0.15, -0.1) is 10.2 Å². The molecule has 134 valence electrons. The largest absolute Gasteiger partial charge is 0.494 e. The van der Waals surface area contributed by atoms with Crippen molar-refractivity contribution < 1.29 is 9.53 Å². The molecule has 2 aromatic carbocycles. The van der Waals surface area contributed by atoms with Gasteiger partial charge in [-0.3, -0.25) is 4.79 Å². The fourth-order valence-electron chi connectivity index (χ4n) is 2.52. The molecule has 0 N–H and O–H groups in total. The maximum atomic E-state index is 12.4. The van der Waals surface area contributed by atoms with Crippen LogP contribution in [-0.4, -0.2) is 32.9 Å². The van der Waals surface area contributed by atoms with Crippen LogP contribution in [0.3, 0.4) is 0 Å². The van der Waals surface area contributed by atoms with Gasteiger partial charge in [0, 0.05) is 19.0 Å². The number of thioether (sulfide) groups is 1. The molecule has 0 unspecified atom stereocenters. The Hall–Kier alpha value is -2.60. The maximum absolute atomic E-state index is 12.4. The van der Waals surface area contributed by atoms with Crippen molar-refractivity contribution in [1.29, 1.82) is 0 Å². The summed E-state index contributed by atoms with van der Waals surface area (Å²) < 4.78 is 7.35. The highest BCUT2D eigenvalue weighted by Gasteiger charge is 2.13. The minimum atomic E-state index is 0.0608. The Morgan fingerprint density at radius 3 is 2.50 bits per heavy atom. The third kappa shape index (κ3) is 4.52. The zero-order chi connectivity index (χ0) is 18.4. The second kappa shape index (κ2) is 8.67. The molecule has 0 bridgehead atoms. The van der Waals surface area contributed by atoms with Gasteiger partial charge in [-0.2, -0.15) is 0 Å². The molecule has 3 aromatic rings. The maximum Gasteiger partial charge on any atom is 0.191 e. The summed E-state index contributed by atoms with van der Waals surface area (Å²) in [6.07, 6.45) is 0.720. The molecule has 0 spiro atoms. The molecule has 1 aromatic heterocycles. The number of ether oxygens (including phenoxy) is 1. The van der Waals surface area contributed by atoms with E-state index < -0.39 is 0 Å².